The normalized spacial score (nSPS) is 13.5. The lowest BCUT2D eigenvalue weighted by Crippen LogP contribution is -2.30. The number of carbonyl (C=O) groups is 3. The van der Waals surface area contributed by atoms with Crippen LogP contribution in [0, 0.1) is 0 Å². The largest absolute Gasteiger partial charge is 0.462 e. The zero-order valence-electron chi connectivity index (χ0n) is 44.9. The molecule has 0 amide bonds. The molecule has 0 fully saturated rings. The second-order valence-corrected chi connectivity index (χ2v) is 17.4. The number of hydrogen-bond acceptors (Lipinski definition) is 6. The zero-order valence-corrected chi connectivity index (χ0v) is 44.9. The first-order valence-corrected chi connectivity index (χ1v) is 27.6. The van der Waals surface area contributed by atoms with Crippen molar-refractivity contribution in [1.82, 2.24) is 0 Å². The molecule has 0 bridgehead atoms. The lowest BCUT2D eigenvalue weighted by Gasteiger charge is -2.18. The van der Waals surface area contributed by atoms with Crippen LogP contribution in [-0.4, -0.2) is 37.2 Å². The van der Waals surface area contributed by atoms with Gasteiger partial charge in [-0.25, -0.2) is 0 Å². The summed E-state index contributed by atoms with van der Waals surface area (Å²) in [5, 5.41) is 0. The quantitative estimate of drug-likeness (QED) is 0.0262. The van der Waals surface area contributed by atoms with Crippen LogP contribution in [0.1, 0.15) is 201 Å². The number of esters is 3. The van der Waals surface area contributed by atoms with E-state index in [1.807, 2.05) is 24.3 Å². The van der Waals surface area contributed by atoms with Gasteiger partial charge in [0.1, 0.15) is 13.2 Å². The van der Waals surface area contributed by atoms with E-state index >= 15 is 0 Å². The summed E-state index contributed by atoms with van der Waals surface area (Å²) >= 11 is 0. The number of ether oxygens (including phenoxy) is 3. The third-order valence-corrected chi connectivity index (χ3v) is 10.7. The average molecular weight is 975 g/mol. The van der Waals surface area contributed by atoms with Crippen LogP contribution in [0.2, 0.25) is 0 Å². The molecule has 0 rings (SSSR count). The van der Waals surface area contributed by atoms with Gasteiger partial charge >= 0.3 is 17.9 Å². The predicted octanol–water partition coefficient (Wildman–Crippen LogP) is 18.8. The lowest BCUT2D eigenvalue weighted by molar-refractivity contribution is -0.166. The van der Waals surface area contributed by atoms with E-state index in [4.69, 9.17) is 14.2 Å². The van der Waals surface area contributed by atoms with Crippen molar-refractivity contribution in [1.29, 1.82) is 0 Å². The molecular formula is C65H98O6. The van der Waals surface area contributed by atoms with Crippen LogP contribution in [0.5, 0.6) is 0 Å². The molecule has 0 aliphatic heterocycles. The van der Waals surface area contributed by atoms with Gasteiger partial charge in [0, 0.05) is 19.3 Å². The van der Waals surface area contributed by atoms with Crippen LogP contribution < -0.4 is 0 Å². The van der Waals surface area contributed by atoms with Crippen LogP contribution in [0.25, 0.3) is 0 Å². The molecule has 0 saturated carbocycles. The lowest BCUT2D eigenvalue weighted by atomic mass is 10.1. The van der Waals surface area contributed by atoms with Crippen LogP contribution in [0.4, 0.5) is 0 Å². The van der Waals surface area contributed by atoms with E-state index in [0.29, 0.717) is 19.3 Å². The first-order chi connectivity index (χ1) is 35.0. The minimum atomic E-state index is -0.865. The molecule has 71 heavy (non-hydrogen) atoms. The Morgan fingerprint density at radius 1 is 0.296 bits per heavy atom. The number of unbranched alkanes of at least 4 members (excludes halogenated alkanes) is 8. The highest BCUT2D eigenvalue weighted by Crippen LogP contribution is 2.11. The summed E-state index contributed by atoms with van der Waals surface area (Å²) in [4.78, 5) is 38.1. The van der Waals surface area contributed by atoms with Gasteiger partial charge in [-0.2, -0.15) is 0 Å². The third kappa shape index (κ3) is 55.6. The molecule has 6 heteroatoms. The second kappa shape index (κ2) is 57.3. The summed E-state index contributed by atoms with van der Waals surface area (Å²) in [5.74, 6) is -1.15. The SMILES string of the molecule is CC/C=C\C/C=C\C/C=C\C/C=C\C/C=C\C/C=C\CCC(=O)OC[C@H](COC(=O)CCCCCCC/C=C\C/C=C\CCCCC)OC(=O)CC/C=C\C/C=C\C/C=C\C/C=C\C/C=C\C/C=C\CC. The maximum Gasteiger partial charge on any atom is 0.306 e. The van der Waals surface area contributed by atoms with Crippen LogP contribution >= 0.6 is 0 Å². The van der Waals surface area contributed by atoms with Crippen molar-refractivity contribution in [3.05, 3.63) is 170 Å². The Bertz CT molecular complexity index is 1690. The van der Waals surface area contributed by atoms with Crippen molar-refractivity contribution in [3.63, 3.8) is 0 Å². The van der Waals surface area contributed by atoms with Crippen LogP contribution in [0.3, 0.4) is 0 Å². The van der Waals surface area contributed by atoms with Crippen molar-refractivity contribution in [2.45, 2.75) is 207 Å². The molecule has 394 valence electrons. The van der Waals surface area contributed by atoms with E-state index in [1.54, 1.807) is 0 Å². The monoisotopic (exact) mass is 975 g/mol. The highest BCUT2D eigenvalue weighted by atomic mass is 16.6. The van der Waals surface area contributed by atoms with E-state index < -0.39 is 12.1 Å². The van der Waals surface area contributed by atoms with E-state index in [0.717, 1.165) is 122 Å². The Balaban J connectivity index is 4.68. The topological polar surface area (TPSA) is 78.9 Å². The Morgan fingerprint density at radius 3 is 0.944 bits per heavy atom. The first-order valence-electron chi connectivity index (χ1n) is 27.6. The van der Waals surface area contributed by atoms with Crippen molar-refractivity contribution in [2.24, 2.45) is 0 Å². The van der Waals surface area contributed by atoms with E-state index in [-0.39, 0.29) is 38.0 Å². The standard InChI is InChI=1S/C65H98O6/c1-4-7-10-13-16-19-22-25-28-30-32-34-37-40-43-46-49-52-55-58-64(67)70-61-62(60-69-63(66)57-54-51-48-45-42-39-36-27-24-21-18-15-12-9-6-3)71-65(68)59-56-53-50-47-44-41-38-35-33-31-29-26-23-20-17-14-11-8-5-2/h7-8,10-11,16-21,25-29,32-36,40-41,43-44,49-50,52-53,62H,4-6,9,12-15,22-24,30-31,37-39,42,45-48,51,54-61H2,1-3H3/b10-7-,11-8-,19-16-,20-17-,21-18-,28-25-,29-26-,34-32-,35-33-,36-27-,43-40-,44-41-,52-49-,53-50-/t62-/m0/s1. The fourth-order valence-corrected chi connectivity index (χ4v) is 6.64. The van der Waals surface area contributed by atoms with Gasteiger partial charge in [-0.05, 0) is 128 Å². The maximum absolute atomic E-state index is 12.8. The van der Waals surface area contributed by atoms with Crippen LogP contribution in [-0.2, 0) is 28.6 Å². The molecule has 1 atom stereocenters. The fraction of sp³-hybridized carbons (Fsp3) is 0.523. The van der Waals surface area contributed by atoms with Gasteiger partial charge in [0.2, 0.25) is 0 Å². The van der Waals surface area contributed by atoms with Gasteiger partial charge in [-0.15, -0.1) is 0 Å². The molecule has 0 aromatic rings. The molecular weight excluding hydrogens is 877 g/mol. The summed E-state index contributed by atoms with van der Waals surface area (Å²) in [6.45, 7) is 6.22. The minimum absolute atomic E-state index is 0.148. The fourth-order valence-electron chi connectivity index (χ4n) is 6.64. The molecule has 0 aliphatic carbocycles. The Labute approximate surface area is 434 Å². The van der Waals surface area contributed by atoms with Gasteiger partial charge in [0.15, 0.2) is 6.10 Å². The minimum Gasteiger partial charge on any atom is -0.462 e. The van der Waals surface area contributed by atoms with E-state index in [2.05, 4.69) is 167 Å². The third-order valence-electron chi connectivity index (χ3n) is 10.7. The van der Waals surface area contributed by atoms with Gasteiger partial charge in [0.05, 0.1) is 0 Å². The molecule has 0 radical (unpaired) electrons. The maximum atomic E-state index is 12.8. The van der Waals surface area contributed by atoms with Gasteiger partial charge in [-0.1, -0.05) is 223 Å². The first kappa shape index (κ1) is 65.8. The Morgan fingerprint density at radius 2 is 0.577 bits per heavy atom. The van der Waals surface area contributed by atoms with E-state index in [9.17, 15) is 14.4 Å². The second-order valence-electron chi connectivity index (χ2n) is 17.4. The molecule has 0 spiro atoms. The summed E-state index contributed by atoms with van der Waals surface area (Å²) in [6, 6.07) is 0. The number of allylic oxidation sites excluding steroid dienone is 28. The number of hydrogen-bond donors (Lipinski definition) is 0. The average Bonchev–Trinajstić information content (AvgIpc) is 3.37. The van der Waals surface area contributed by atoms with Gasteiger partial charge in [0.25, 0.3) is 0 Å². The molecule has 0 aliphatic rings. The molecule has 0 aromatic heterocycles. The van der Waals surface area contributed by atoms with Crippen molar-refractivity contribution < 1.29 is 28.6 Å². The molecule has 0 aromatic carbocycles. The van der Waals surface area contributed by atoms with Crippen LogP contribution in [0.15, 0.2) is 170 Å². The Hall–Kier alpha value is -5.23. The number of rotatable bonds is 47. The highest BCUT2D eigenvalue weighted by Gasteiger charge is 2.19. The van der Waals surface area contributed by atoms with Gasteiger partial charge in [-0.3, -0.25) is 14.4 Å². The smallest absolute Gasteiger partial charge is 0.306 e. The Kier molecular flexibility index (Phi) is 53.1. The molecule has 0 N–H and O–H groups in total. The van der Waals surface area contributed by atoms with Gasteiger partial charge < -0.3 is 14.2 Å². The summed E-state index contributed by atoms with van der Waals surface area (Å²) in [6.07, 6.45) is 85.0. The summed E-state index contributed by atoms with van der Waals surface area (Å²) in [5.41, 5.74) is 0. The number of carbonyl (C=O) groups excluding carboxylic acids is 3. The molecule has 0 heterocycles. The summed E-state index contributed by atoms with van der Waals surface area (Å²) in [7, 11) is 0. The molecule has 0 saturated heterocycles. The summed E-state index contributed by atoms with van der Waals surface area (Å²) < 4.78 is 16.7. The predicted molar refractivity (Wildman–Crippen MR) is 306 cm³/mol. The zero-order chi connectivity index (χ0) is 51.4. The van der Waals surface area contributed by atoms with E-state index in [1.165, 1.54) is 25.7 Å². The van der Waals surface area contributed by atoms with Crippen molar-refractivity contribution in [3.8, 4) is 0 Å². The highest BCUT2D eigenvalue weighted by molar-refractivity contribution is 5.71. The molecule has 0 unspecified atom stereocenters. The van der Waals surface area contributed by atoms with Crippen molar-refractivity contribution >= 4 is 17.9 Å². The van der Waals surface area contributed by atoms with Crippen molar-refractivity contribution in [2.75, 3.05) is 13.2 Å². The molecule has 6 nitrogen and oxygen atoms in total.